The molecule has 0 radical (unpaired) electrons. The fourth-order valence-electron chi connectivity index (χ4n) is 5.26. The van der Waals surface area contributed by atoms with Crippen LogP contribution in [0.5, 0.6) is 0 Å². The van der Waals surface area contributed by atoms with Crippen molar-refractivity contribution >= 4 is 0 Å². The van der Waals surface area contributed by atoms with E-state index in [4.69, 9.17) is 10.00 Å². The summed E-state index contributed by atoms with van der Waals surface area (Å²) in [5.41, 5.74) is 2.97. The van der Waals surface area contributed by atoms with E-state index in [0.29, 0.717) is 30.3 Å². The van der Waals surface area contributed by atoms with Gasteiger partial charge in [0.15, 0.2) is 5.83 Å². The number of nitriles is 1. The second-order valence-electron chi connectivity index (χ2n) is 9.43. The van der Waals surface area contributed by atoms with Gasteiger partial charge in [0, 0.05) is 6.61 Å². The van der Waals surface area contributed by atoms with Gasteiger partial charge in [0.05, 0.1) is 6.10 Å². The molecular formula is C27H38FNO. The van der Waals surface area contributed by atoms with Crippen LogP contribution in [0.15, 0.2) is 36.2 Å². The van der Waals surface area contributed by atoms with Gasteiger partial charge in [-0.05, 0) is 92.7 Å². The van der Waals surface area contributed by atoms with Gasteiger partial charge in [0.2, 0.25) is 0 Å². The van der Waals surface area contributed by atoms with E-state index in [0.717, 1.165) is 13.0 Å². The Morgan fingerprint density at radius 1 is 1.03 bits per heavy atom. The van der Waals surface area contributed by atoms with E-state index in [9.17, 15) is 4.39 Å². The second-order valence-corrected chi connectivity index (χ2v) is 9.43. The summed E-state index contributed by atoms with van der Waals surface area (Å²) in [7, 11) is 0. The predicted molar refractivity (Wildman–Crippen MR) is 121 cm³/mol. The number of hydrogen-bond acceptors (Lipinski definition) is 2. The number of rotatable bonds is 9. The molecule has 1 aromatic carbocycles. The van der Waals surface area contributed by atoms with E-state index >= 15 is 0 Å². The molecule has 0 unspecified atom stereocenters. The van der Waals surface area contributed by atoms with Gasteiger partial charge in [-0.3, -0.25) is 0 Å². The Bertz CT molecular complexity index is 689. The van der Waals surface area contributed by atoms with Gasteiger partial charge in [-0.25, -0.2) is 0 Å². The number of halogens is 1. The molecule has 3 heteroatoms. The Labute approximate surface area is 182 Å². The van der Waals surface area contributed by atoms with Crippen molar-refractivity contribution in [2.24, 2.45) is 11.8 Å². The molecule has 0 spiro atoms. The van der Waals surface area contributed by atoms with Crippen molar-refractivity contribution in [3.05, 3.63) is 47.3 Å². The van der Waals surface area contributed by atoms with Crippen LogP contribution < -0.4 is 0 Å². The average molecular weight is 412 g/mol. The lowest BCUT2D eigenvalue weighted by Gasteiger charge is -2.32. The molecule has 0 heterocycles. The summed E-state index contributed by atoms with van der Waals surface area (Å²) in [6.45, 7) is 3.15. The van der Waals surface area contributed by atoms with E-state index in [1.54, 1.807) is 6.07 Å². The van der Waals surface area contributed by atoms with E-state index < -0.39 is 5.83 Å². The average Bonchev–Trinajstić information content (AvgIpc) is 2.79. The Kier molecular flexibility index (Phi) is 9.40. The van der Waals surface area contributed by atoms with E-state index in [-0.39, 0.29) is 0 Å². The molecule has 0 bridgehead atoms. The fourth-order valence-corrected chi connectivity index (χ4v) is 5.26. The van der Waals surface area contributed by atoms with Gasteiger partial charge in [-0.1, -0.05) is 50.5 Å². The van der Waals surface area contributed by atoms with Gasteiger partial charge in [0.1, 0.15) is 6.07 Å². The molecule has 2 nitrogen and oxygen atoms in total. The molecule has 0 N–H and O–H groups in total. The number of ether oxygens (including phenoxy) is 1. The first-order valence-electron chi connectivity index (χ1n) is 12.1. The minimum atomic E-state index is -0.639. The molecule has 0 saturated heterocycles. The monoisotopic (exact) mass is 411 g/mol. The molecule has 2 saturated carbocycles. The van der Waals surface area contributed by atoms with Crippen LogP contribution in [0.1, 0.15) is 94.6 Å². The molecule has 0 aliphatic heterocycles. The fraction of sp³-hybridized carbons (Fsp3) is 0.667. The number of allylic oxidation sites excluding steroid dienone is 2. The minimum absolute atomic E-state index is 0.442. The topological polar surface area (TPSA) is 33.0 Å². The lowest BCUT2D eigenvalue weighted by Crippen LogP contribution is -2.25. The normalized spacial score (nSPS) is 27.6. The summed E-state index contributed by atoms with van der Waals surface area (Å²) in [5, 5.41) is 8.47. The van der Waals surface area contributed by atoms with Crippen LogP contribution in [-0.2, 0) is 11.2 Å². The van der Waals surface area contributed by atoms with E-state index in [1.807, 2.05) is 0 Å². The summed E-state index contributed by atoms with van der Waals surface area (Å²) in [6.07, 6.45) is 15.7. The maximum atomic E-state index is 12.9. The van der Waals surface area contributed by atoms with Gasteiger partial charge in [-0.2, -0.15) is 9.65 Å². The molecule has 0 aromatic heterocycles. The van der Waals surface area contributed by atoms with Crippen molar-refractivity contribution in [2.45, 2.75) is 96.0 Å². The third kappa shape index (κ3) is 7.24. The maximum absolute atomic E-state index is 12.9. The SMILES string of the molecule is CCCc1ccc([C@H]2CC[C@H](OC[C@H]3CC[C@H](CC/C=C(\F)C#N)CC3)CC2)cc1. The Balaban J connectivity index is 1.30. The molecular weight excluding hydrogens is 373 g/mol. The quantitative estimate of drug-likeness (QED) is 0.391. The van der Waals surface area contributed by atoms with Gasteiger partial charge < -0.3 is 4.74 Å². The van der Waals surface area contributed by atoms with E-state index in [1.165, 1.54) is 81.4 Å². The largest absolute Gasteiger partial charge is 0.378 e. The number of aryl methyl sites for hydroxylation is 1. The molecule has 164 valence electrons. The third-order valence-electron chi connectivity index (χ3n) is 7.20. The molecule has 0 atom stereocenters. The number of benzene rings is 1. The number of nitrogens with zero attached hydrogens (tertiary/aromatic N) is 1. The van der Waals surface area contributed by atoms with Crippen LogP contribution in [0.25, 0.3) is 0 Å². The van der Waals surface area contributed by atoms with Crippen molar-refractivity contribution < 1.29 is 9.13 Å². The highest BCUT2D eigenvalue weighted by Gasteiger charge is 2.25. The van der Waals surface area contributed by atoms with Crippen molar-refractivity contribution in [3.8, 4) is 6.07 Å². The Morgan fingerprint density at radius 3 is 2.33 bits per heavy atom. The zero-order valence-electron chi connectivity index (χ0n) is 18.6. The smallest absolute Gasteiger partial charge is 0.196 e. The van der Waals surface area contributed by atoms with Crippen molar-refractivity contribution in [2.75, 3.05) is 6.61 Å². The maximum Gasteiger partial charge on any atom is 0.196 e. The molecule has 2 aliphatic rings. The first-order chi connectivity index (χ1) is 14.7. The first kappa shape index (κ1) is 23.0. The summed E-state index contributed by atoms with van der Waals surface area (Å²) >= 11 is 0. The van der Waals surface area contributed by atoms with Crippen molar-refractivity contribution in [1.82, 2.24) is 0 Å². The highest BCUT2D eigenvalue weighted by atomic mass is 19.1. The van der Waals surface area contributed by atoms with Gasteiger partial charge >= 0.3 is 0 Å². The van der Waals surface area contributed by atoms with Crippen LogP contribution in [0.3, 0.4) is 0 Å². The Morgan fingerprint density at radius 2 is 1.70 bits per heavy atom. The van der Waals surface area contributed by atoms with Crippen LogP contribution in [0, 0.1) is 23.2 Å². The lowest BCUT2D eigenvalue weighted by atomic mass is 9.80. The van der Waals surface area contributed by atoms with E-state index in [2.05, 4.69) is 31.2 Å². The predicted octanol–water partition coefficient (Wildman–Crippen LogP) is 7.65. The van der Waals surface area contributed by atoms with Gasteiger partial charge in [0.25, 0.3) is 0 Å². The van der Waals surface area contributed by atoms with Crippen LogP contribution in [-0.4, -0.2) is 12.7 Å². The Hall–Kier alpha value is -1.66. The first-order valence-corrected chi connectivity index (χ1v) is 12.1. The summed E-state index contributed by atoms with van der Waals surface area (Å²) in [4.78, 5) is 0. The van der Waals surface area contributed by atoms with Crippen LogP contribution >= 0.6 is 0 Å². The molecule has 2 aliphatic carbocycles. The molecule has 3 rings (SSSR count). The van der Waals surface area contributed by atoms with Crippen LogP contribution in [0.2, 0.25) is 0 Å². The molecule has 1 aromatic rings. The second kappa shape index (κ2) is 12.3. The van der Waals surface area contributed by atoms with Crippen LogP contribution in [0.4, 0.5) is 4.39 Å². The zero-order valence-corrected chi connectivity index (χ0v) is 18.6. The summed E-state index contributed by atoms with van der Waals surface area (Å²) < 4.78 is 19.2. The lowest BCUT2D eigenvalue weighted by molar-refractivity contribution is -0.00474. The molecule has 30 heavy (non-hydrogen) atoms. The standard InChI is InChI=1S/C27H38FNO/c1-2-4-21-11-13-24(14-12-21)25-15-17-27(18-16-25)30-20-23-9-7-22(8-10-23)5-3-6-26(28)19-29/h6,11-14,22-23,25,27H,2-5,7-10,15-18,20H2,1H3/b26-6-/t22-,23-,25-,27-. The third-order valence-corrected chi connectivity index (χ3v) is 7.20. The molecule has 0 amide bonds. The van der Waals surface area contributed by atoms with Crippen molar-refractivity contribution in [1.29, 1.82) is 5.26 Å². The van der Waals surface area contributed by atoms with Gasteiger partial charge in [-0.15, -0.1) is 0 Å². The highest BCUT2D eigenvalue weighted by molar-refractivity contribution is 5.26. The zero-order chi connectivity index (χ0) is 21.2. The summed E-state index contributed by atoms with van der Waals surface area (Å²) in [5.74, 6) is 1.44. The molecule has 2 fully saturated rings. The summed E-state index contributed by atoms with van der Waals surface area (Å²) in [6, 6.07) is 10.9. The minimum Gasteiger partial charge on any atom is -0.378 e. The highest BCUT2D eigenvalue weighted by Crippen LogP contribution is 2.36. The van der Waals surface area contributed by atoms with Crippen molar-refractivity contribution in [3.63, 3.8) is 0 Å². The number of hydrogen-bond donors (Lipinski definition) is 0.